The lowest BCUT2D eigenvalue weighted by atomic mass is 10.1. The van der Waals surface area contributed by atoms with Crippen LogP contribution in [0.4, 0.5) is 9.59 Å². The molecule has 0 aromatic heterocycles. The molecular weight excluding hydrogens is 210 g/mol. The number of ketones is 1. The minimum Gasteiger partial charge on any atom is -0.336 e. The predicted molar refractivity (Wildman–Crippen MR) is 55.9 cm³/mol. The van der Waals surface area contributed by atoms with Crippen molar-refractivity contribution in [1.29, 1.82) is 0 Å². The zero-order valence-corrected chi connectivity index (χ0v) is 9.23. The minimum absolute atomic E-state index is 0.0605. The van der Waals surface area contributed by atoms with Crippen LogP contribution in [0.25, 0.3) is 0 Å². The summed E-state index contributed by atoms with van der Waals surface area (Å²) in [4.78, 5) is 37.1. The van der Waals surface area contributed by atoms with Crippen molar-refractivity contribution < 1.29 is 14.4 Å². The average Bonchev–Trinajstić information content (AvgIpc) is 2.84. The SMILES string of the molecule is CC(=O)[C@H]1CCN(C(=O)N2CCNC2=O)C1. The van der Waals surface area contributed by atoms with Gasteiger partial charge in [0, 0.05) is 32.1 Å². The molecule has 4 amide bonds. The highest BCUT2D eigenvalue weighted by Gasteiger charge is 2.35. The maximum Gasteiger partial charge on any atom is 0.328 e. The Hall–Kier alpha value is -1.59. The lowest BCUT2D eigenvalue weighted by molar-refractivity contribution is -0.120. The summed E-state index contributed by atoms with van der Waals surface area (Å²) < 4.78 is 0. The number of imide groups is 1. The third-order valence-corrected chi connectivity index (χ3v) is 3.12. The molecule has 2 fully saturated rings. The Labute approximate surface area is 93.6 Å². The van der Waals surface area contributed by atoms with E-state index in [2.05, 4.69) is 5.32 Å². The van der Waals surface area contributed by atoms with Gasteiger partial charge >= 0.3 is 12.1 Å². The molecule has 1 atom stereocenters. The summed E-state index contributed by atoms with van der Waals surface area (Å²) in [5, 5.41) is 2.58. The van der Waals surface area contributed by atoms with Crippen LogP contribution < -0.4 is 5.32 Å². The summed E-state index contributed by atoms with van der Waals surface area (Å²) in [5.74, 6) is 0.0517. The van der Waals surface area contributed by atoms with Gasteiger partial charge in [-0.15, -0.1) is 0 Å². The first-order chi connectivity index (χ1) is 7.59. The normalized spacial score (nSPS) is 24.8. The quantitative estimate of drug-likeness (QED) is 0.685. The van der Waals surface area contributed by atoms with Gasteiger partial charge in [-0.2, -0.15) is 0 Å². The van der Waals surface area contributed by atoms with Crippen molar-refractivity contribution in [2.75, 3.05) is 26.2 Å². The molecule has 1 N–H and O–H groups in total. The monoisotopic (exact) mass is 225 g/mol. The molecule has 2 aliphatic heterocycles. The van der Waals surface area contributed by atoms with Crippen molar-refractivity contribution in [3.63, 3.8) is 0 Å². The number of amides is 4. The largest absolute Gasteiger partial charge is 0.336 e. The molecule has 0 aromatic rings. The molecule has 2 aliphatic rings. The van der Waals surface area contributed by atoms with Crippen molar-refractivity contribution in [1.82, 2.24) is 15.1 Å². The third kappa shape index (κ3) is 1.87. The lowest BCUT2D eigenvalue weighted by Gasteiger charge is -2.21. The van der Waals surface area contributed by atoms with Crippen LogP contribution in [0.1, 0.15) is 13.3 Å². The zero-order chi connectivity index (χ0) is 11.7. The Balaban J connectivity index is 1.96. The minimum atomic E-state index is -0.337. The fourth-order valence-corrected chi connectivity index (χ4v) is 2.09. The topological polar surface area (TPSA) is 69.7 Å². The first kappa shape index (κ1) is 10.9. The van der Waals surface area contributed by atoms with Crippen LogP contribution >= 0.6 is 0 Å². The Morgan fingerprint density at radius 3 is 2.62 bits per heavy atom. The highest BCUT2D eigenvalue weighted by atomic mass is 16.2. The summed E-state index contributed by atoms with van der Waals surface area (Å²) in [6.45, 7) is 3.47. The van der Waals surface area contributed by atoms with E-state index >= 15 is 0 Å². The summed E-state index contributed by atoms with van der Waals surface area (Å²) >= 11 is 0. The van der Waals surface area contributed by atoms with E-state index in [0.717, 1.165) is 0 Å². The van der Waals surface area contributed by atoms with E-state index in [1.165, 1.54) is 4.90 Å². The Kier molecular flexibility index (Phi) is 2.80. The van der Waals surface area contributed by atoms with Gasteiger partial charge in [-0.05, 0) is 13.3 Å². The molecule has 88 valence electrons. The van der Waals surface area contributed by atoms with Gasteiger partial charge in [0.05, 0.1) is 0 Å². The number of hydrogen-bond acceptors (Lipinski definition) is 3. The summed E-state index contributed by atoms with van der Waals surface area (Å²) in [5.41, 5.74) is 0. The van der Waals surface area contributed by atoms with Gasteiger partial charge in [-0.1, -0.05) is 0 Å². The zero-order valence-electron chi connectivity index (χ0n) is 9.23. The molecule has 0 unspecified atom stereocenters. The number of carbonyl (C=O) groups excluding carboxylic acids is 3. The number of nitrogens with one attached hydrogen (secondary N) is 1. The molecule has 6 heteroatoms. The molecule has 0 bridgehead atoms. The smallest absolute Gasteiger partial charge is 0.328 e. The maximum atomic E-state index is 11.9. The molecule has 2 rings (SSSR count). The number of rotatable bonds is 1. The maximum absolute atomic E-state index is 11.9. The Morgan fingerprint density at radius 2 is 2.12 bits per heavy atom. The van der Waals surface area contributed by atoms with Crippen LogP contribution in [0.15, 0.2) is 0 Å². The van der Waals surface area contributed by atoms with Crippen LogP contribution in [0.3, 0.4) is 0 Å². The lowest BCUT2D eigenvalue weighted by Crippen LogP contribution is -2.43. The van der Waals surface area contributed by atoms with Crippen LogP contribution in [0.5, 0.6) is 0 Å². The highest BCUT2D eigenvalue weighted by Crippen LogP contribution is 2.19. The first-order valence-corrected chi connectivity index (χ1v) is 5.44. The Bertz CT molecular complexity index is 342. The van der Waals surface area contributed by atoms with Crippen molar-refractivity contribution in [3.8, 4) is 0 Å². The summed E-state index contributed by atoms with van der Waals surface area (Å²) in [6, 6.07) is -0.616. The molecule has 0 aromatic carbocycles. The molecule has 16 heavy (non-hydrogen) atoms. The van der Waals surface area contributed by atoms with E-state index in [-0.39, 0.29) is 23.8 Å². The molecule has 0 radical (unpaired) electrons. The van der Waals surface area contributed by atoms with Crippen molar-refractivity contribution in [2.24, 2.45) is 5.92 Å². The number of Topliss-reactive ketones (excluding diaryl/α,β-unsaturated/α-hetero) is 1. The van der Waals surface area contributed by atoms with Gasteiger partial charge in [-0.25, -0.2) is 14.5 Å². The van der Waals surface area contributed by atoms with Gasteiger partial charge in [0.15, 0.2) is 0 Å². The average molecular weight is 225 g/mol. The van der Waals surface area contributed by atoms with Crippen molar-refractivity contribution >= 4 is 17.8 Å². The van der Waals surface area contributed by atoms with E-state index in [0.29, 0.717) is 32.6 Å². The van der Waals surface area contributed by atoms with E-state index in [4.69, 9.17) is 0 Å². The van der Waals surface area contributed by atoms with E-state index < -0.39 is 0 Å². The molecule has 2 saturated heterocycles. The number of nitrogens with zero attached hydrogens (tertiary/aromatic N) is 2. The van der Waals surface area contributed by atoms with Gasteiger partial charge < -0.3 is 10.2 Å². The molecule has 2 heterocycles. The predicted octanol–water partition coefficient (Wildman–Crippen LogP) is 0.0425. The van der Waals surface area contributed by atoms with Gasteiger partial charge in [0.1, 0.15) is 5.78 Å². The fraction of sp³-hybridized carbons (Fsp3) is 0.700. The number of carbonyl (C=O) groups is 3. The van der Waals surface area contributed by atoms with Crippen molar-refractivity contribution in [3.05, 3.63) is 0 Å². The van der Waals surface area contributed by atoms with Gasteiger partial charge in [0.2, 0.25) is 0 Å². The third-order valence-electron chi connectivity index (χ3n) is 3.12. The first-order valence-electron chi connectivity index (χ1n) is 5.44. The molecule has 0 aliphatic carbocycles. The second-order valence-electron chi connectivity index (χ2n) is 4.21. The van der Waals surface area contributed by atoms with E-state index in [1.807, 2.05) is 0 Å². The fourth-order valence-electron chi connectivity index (χ4n) is 2.09. The van der Waals surface area contributed by atoms with E-state index in [1.54, 1.807) is 11.8 Å². The highest BCUT2D eigenvalue weighted by molar-refractivity contribution is 5.95. The Morgan fingerprint density at radius 1 is 1.38 bits per heavy atom. The summed E-state index contributed by atoms with van der Waals surface area (Å²) in [6.07, 6.45) is 0.705. The second kappa shape index (κ2) is 4.11. The molecule has 0 saturated carbocycles. The number of likely N-dealkylation sites (tertiary alicyclic amines) is 1. The van der Waals surface area contributed by atoms with Crippen LogP contribution in [0.2, 0.25) is 0 Å². The standard InChI is InChI=1S/C10H15N3O3/c1-7(14)8-2-4-12(6-8)10(16)13-5-3-11-9(13)15/h8H,2-6H2,1H3,(H,11,15)/t8-/m0/s1. The number of urea groups is 2. The van der Waals surface area contributed by atoms with Crippen molar-refractivity contribution in [2.45, 2.75) is 13.3 Å². The molecule has 0 spiro atoms. The summed E-state index contributed by atoms with van der Waals surface area (Å²) in [7, 11) is 0. The van der Waals surface area contributed by atoms with Gasteiger partial charge in [-0.3, -0.25) is 4.79 Å². The second-order valence-corrected chi connectivity index (χ2v) is 4.21. The molecular formula is C10H15N3O3. The van der Waals surface area contributed by atoms with Crippen LogP contribution in [-0.2, 0) is 4.79 Å². The van der Waals surface area contributed by atoms with Crippen LogP contribution in [-0.4, -0.2) is 53.8 Å². The van der Waals surface area contributed by atoms with E-state index in [9.17, 15) is 14.4 Å². The molecule has 6 nitrogen and oxygen atoms in total. The van der Waals surface area contributed by atoms with Gasteiger partial charge in [0.25, 0.3) is 0 Å². The number of hydrogen-bond donors (Lipinski definition) is 1. The van der Waals surface area contributed by atoms with Crippen LogP contribution in [0, 0.1) is 5.92 Å².